The average Bonchev–Trinajstić information content (AvgIpc) is 2.90. The summed E-state index contributed by atoms with van der Waals surface area (Å²) < 4.78 is 17.9. The fourth-order valence-corrected chi connectivity index (χ4v) is 4.06. The smallest absolute Gasteiger partial charge is 0.251 e. The maximum Gasteiger partial charge on any atom is 0.251 e. The Morgan fingerprint density at radius 3 is 1.89 bits per heavy atom. The van der Waals surface area contributed by atoms with E-state index in [-0.39, 0.29) is 24.9 Å². The minimum atomic E-state index is -0.860. The van der Waals surface area contributed by atoms with Gasteiger partial charge in [0.25, 0.3) is 11.8 Å². The summed E-state index contributed by atoms with van der Waals surface area (Å²) in [5.41, 5.74) is 3.25. The number of ether oxygens (including phenoxy) is 3. The second-order valence-electron chi connectivity index (χ2n) is 9.04. The summed E-state index contributed by atoms with van der Waals surface area (Å²) in [6.45, 7) is 4.79. The third kappa shape index (κ3) is 7.01. The SMILES string of the molecule is CC1(C)OCCO[C@H](CNC(=O)c2ccc(-c3ccccc3)cc2)[C@H](CNC(=O)c2ccccc2)O1. The molecule has 36 heavy (non-hydrogen) atoms. The lowest BCUT2D eigenvalue weighted by Gasteiger charge is -2.37. The van der Waals surface area contributed by atoms with Crippen molar-refractivity contribution in [3.63, 3.8) is 0 Å². The highest BCUT2D eigenvalue weighted by molar-refractivity contribution is 5.95. The lowest BCUT2D eigenvalue weighted by molar-refractivity contribution is -0.277. The first kappa shape index (κ1) is 25.6. The van der Waals surface area contributed by atoms with Crippen LogP contribution >= 0.6 is 0 Å². The normalized spacial score (nSPS) is 19.5. The van der Waals surface area contributed by atoms with E-state index in [0.717, 1.165) is 11.1 Å². The molecule has 0 saturated carbocycles. The molecule has 1 aliphatic heterocycles. The van der Waals surface area contributed by atoms with Crippen LogP contribution in [0.15, 0.2) is 84.9 Å². The Hall–Kier alpha value is -3.52. The van der Waals surface area contributed by atoms with Gasteiger partial charge < -0.3 is 24.8 Å². The fraction of sp³-hybridized carbons (Fsp3) is 0.310. The lowest BCUT2D eigenvalue weighted by Crippen LogP contribution is -2.52. The highest BCUT2D eigenvalue weighted by Gasteiger charge is 2.33. The topological polar surface area (TPSA) is 85.9 Å². The Morgan fingerprint density at radius 1 is 0.722 bits per heavy atom. The monoisotopic (exact) mass is 488 g/mol. The first-order valence-corrected chi connectivity index (χ1v) is 12.1. The molecule has 0 aromatic heterocycles. The molecule has 7 heteroatoms. The van der Waals surface area contributed by atoms with Crippen LogP contribution in [0.1, 0.15) is 34.6 Å². The number of rotatable bonds is 7. The molecule has 0 unspecified atom stereocenters. The van der Waals surface area contributed by atoms with Crippen molar-refractivity contribution in [3.8, 4) is 11.1 Å². The molecule has 2 amide bonds. The lowest BCUT2D eigenvalue weighted by atomic mass is 10.0. The first-order valence-electron chi connectivity index (χ1n) is 12.1. The van der Waals surface area contributed by atoms with E-state index in [1.807, 2.05) is 86.6 Å². The summed E-state index contributed by atoms with van der Waals surface area (Å²) in [4.78, 5) is 25.5. The Kier molecular flexibility index (Phi) is 8.48. The molecule has 0 spiro atoms. The van der Waals surface area contributed by atoms with Crippen LogP contribution in [0.5, 0.6) is 0 Å². The molecule has 3 aromatic carbocycles. The van der Waals surface area contributed by atoms with E-state index in [1.54, 1.807) is 12.1 Å². The van der Waals surface area contributed by atoms with Crippen LogP contribution in [0.3, 0.4) is 0 Å². The van der Waals surface area contributed by atoms with Crippen LogP contribution in [-0.2, 0) is 14.2 Å². The van der Waals surface area contributed by atoms with E-state index >= 15 is 0 Å². The quantitative estimate of drug-likeness (QED) is 0.524. The Labute approximate surface area is 211 Å². The second kappa shape index (κ2) is 11.9. The number of benzene rings is 3. The number of carbonyl (C=O) groups excluding carboxylic acids is 2. The highest BCUT2D eigenvalue weighted by atomic mass is 16.7. The van der Waals surface area contributed by atoms with E-state index in [2.05, 4.69) is 10.6 Å². The van der Waals surface area contributed by atoms with Crippen LogP contribution < -0.4 is 10.6 Å². The minimum absolute atomic E-state index is 0.201. The Bertz CT molecular complexity index is 1130. The molecular formula is C29H32N2O5. The Morgan fingerprint density at radius 2 is 1.25 bits per heavy atom. The van der Waals surface area contributed by atoms with E-state index in [4.69, 9.17) is 14.2 Å². The zero-order valence-corrected chi connectivity index (χ0v) is 20.6. The van der Waals surface area contributed by atoms with Gasteiger partial charge in [-0.3, -0.25) is 9.59 Å². The third-order valence-electron chi connectivity index (χ3n) is 5.93. The number of hydrogen-bond donors (Lipinski definition) is 2. The largest absolute Gasteiger partial charge is 0.371 e. The van der Waals surface area contributed by atoms with Gasteiger partial charge in [0.2, 0.25) is 0 Å². The minimum Gasteiger partial charge on any atom is -0.371 e. The van der Waals surface area contributed by atoms with Gasteiger partial charge in [-0.15, -0.1) is 0 Å². The molecule has 188 valence electrons. The van der Waals surface area contributed by atoms with Crippen molar-refractivity contribution >= 4 is 11.8 Å². The zero-order valence-electron chi connectivity index (χ0n) is 20.6. The molecule has 3 aromatic rings. The zero-order chi connectivity index (χ0) is 25.4. The molecular weight excluding hydrogens is 456 g/mol. The maximum absolute atomic E-state index is 12.9. The Balaban J connectivity index is 1.40. The molecule has 1 aliphatic rings. The molecule has 7 nitrogen and oxygen atoms in total. The highest BCUT2D eigenvalue weighted by Crippen LogP contribution is 2.21. The van der Waals surface area contributed by atoms with Crippen LogP contribution in [-0.4, -0.2) is 56.1 Å². The van der Waals surface area contributed by atoms with Crippen molar-refractivity contribution in [2.45, 2.75) is 31.8 Å². The van der Waals surface area contributed by atoms with Crippen molar-refractivity contribution in [2.75, 3.05) is 26.3 Å². The van der Waals surface area contributed by atoms with Crippen molar-refractivity contribution in [1.82, 2.24) is 10.6 Å². The van der Waals surface area contributed by atoms with Crippen molar-refractivity contribution < 1.29 is 23.8 Å². The molecule has 0 aliphatic carbocycles. The standard InChI is InChI=1S/C29H32N2O5/c1-29(2)35-18-17-34-25(26(36-29)20-31-27(32)23-11-7-4-8-12-23)19-30-28(33)24-15-13-22(14-16-24)21-9-5-3-6-10-21/h3-16,25-26H,17-20H2,1-2H3,(H,30,33)(H,31,32)/t25-,26+/m1/s1. The molecule has 1 heterocycles. The summed E-state index contributed by atoms with van der Waals surface area (Å²) >= 11 is 0. The van der Waals surface area contributed by atoms with Gasteiger partial charge in [0, 0.05) is 24.2 Å². The predicted octanol–water partition coefficient (Wildman–Crippen LogP) is 4.05. The van der Waals surface area contributed by atoms with Crippen molar-refractivity contribution in [2.24, 2.45) is 0 Å². The van der Waals surface area contributed by atoms with Crippen molar-refractivity contribution in [1.29, 1.82) is 0 Å². The number of hydrogen-bond acceptors (Lipinski definition) is 5. The number of nitrogens with one attached hydrogen (secondary N) is 2. The number of amides is 2. The van der Waals surface area contributed by atoms with Gasteiger partial charge in [-0.2, -0.15) is 0 Å². The summed E-state index contributed by atoms with van der Waals surface area (Å²) in [7, 11) is 0. The average molecular weight is 489 g/mol. The van der Waals surface area contributed by atoms with Gasteiger partial charge in [-0.1, -0.05) is 60.7 Å². The molecule has 2 atom stereocenters. The summed E-state index contributed by atoms with van der Waals surface area (Å²) in [5, 5.41) is 5.87. The predicted molar refractivity (Wildman–Crippen MR) is 138 cm³/mol. The first-order chi connectivity index (χ1) is 17.4. The van der Waals surface area contributed by atoms with E-state index in [1.165, 1.54) is 0 Å². The maximum atomic E-state index is 12.9. The van der Waals surface area contributed by atoms with E-state index < -0.39 is 18.0 Å². The van der Waals surface area contributed by atoms with Crippen molar-refractivity contribution in [3.05, 3.63) is 96.1 Å². The molecule has 2 N–H and O–H groups in total. The summed E-state index contributed by atoms with van der Waals surface area (Å²) in [6.07, 6.45) is -1.01. The molecule has 1 fully saturated rings. The third-order valence-corrected chi connectivity index (χ3v) is 5.93. The van der Waals surface area contributed by atoms with Gasteiger partial charge in [0.05, 0.1) is 13.2 Å². The van der Waals surface area contributed by atoms with Crippen LogP contribution in [0, 0.1) is 0 Å². The van der Waals surface area contributed by atoms with Gasteiger partial charge in [-0.25, -0.2) is 0 Å². The van der Waals surface area contributed by atoms with E-state index in [9.17, 15) is 9.59 Å². The van der Waals surface area contributed by atoms with Crippen LogP contribution in [0.4, 0.5) is 0 Å². The molecule has 1 saturated heterocycles. The van der Waals surface area contributed by atoms with Crippen LogP contribution in [0.25, 0.3) is 11.1 Å². The van der Waals surface area contributed by atoms with Gasteiger partial charge >= 0.3 is 0 Å². The van der Waals surface area contributed by atoms with Crippen LogP contribution in [0.2, 0.25) is 0 Å². The van der Waals surface area contributed by atoms with E-state index in [0.29, 0.717) is 24.3 Å². The van der Waals surface area contributed by atoms with Gasteiger partial charge in [0.1, 0.15) is 12.2 Å². The summed E-state index contributed by atoms with van der Waals surface area (Å²) in [6, 6.07) is 26.5. The fourth-order valence-electron chi connectivity index (χ4n) is 4.06. The molecule has 0 bridgehead atoms. The van der Waals surface area contributed by atoms with Gasteiger partial charge in [-0.05, 0) is 49.2 Å². The molecule has 0 radical (unpaired) electrons. The van der Waals surface area contributed by atoms with Gasteiger partial charge in [0.15, 0.2) is 5.79 Å². The molecule has 4 rings (SSSR count). The number of carbonyl (C=O) groups is 2. The second-order valence-corrected chi connectivity index (χ2v) is 9.04. The summed E-state index contributed by atoms with van der Waals surface area (Å²) in [5.74, 6) is -1.27.